The number of benzene rings is 2. The Bertz CT molecular complexity index is 534. The van der Waals surface area contributed by atoms with E-state index < -0.39 is 11.6 Å². The van der Waals surface area contributed by atoms with Crippen LogP contribution in [-0.4, -0.2) is 0 Å². The van der Waals surface area contributed by atoms with E-state index in [1.54, 1.807) is 0 Å². The van der Waals surface area contributed by atoms with E-state index in [1.807, 2.05) is 31.2 Å². The van der Waals surface area contributed by atoms with Gasteiger partial charge in [0.2, 0.25) is 0 Å². The molecule has 0 amide bonds. The number of hydrogen-bond donors (Lipinski definition) is 1. The standard InChI is InChI=1S/C15H14BrF2N/c1-2-15(10-3-5-11(16)6-4-10)19-14-8-12(17)7-13(18)9-14/h3-9,15,19H,2H2,1H3. The van der Waals surface area contributed by atoms with Crippen molar-refractivity contribution in [2.45, 2.75) is 19.4 Å². The van der Waals surface area contributed by atoms with E-state index in [9.17, 15) is 8.78 Å². The molecule has 0 bridgehead atoms. The maximum Gasteiger partial charge on any atom is 0.128 e. The third-order valence-electron chi connectivity index (χ3n) is 2.88. The van der Waals surface area contributed by atoms with E-state index in [0.717, 1.165) is 22.5 Å². The molecule has 4 heteroatoms. The Hall–Kier alpha value is -1.42. The van der Waals surface area contributed by atoms with Gasteiger partial charge in [0.1, 0.15) is 11.6 Å². The van der Waals surface area contributed by atoms with Crippen LogP contribution < -0.4 is 5.32 Å². The van der Waals surface area contributed by atoms with Gasteiger partial charge in [-0.05, 0) is 36.2 Å². The molecule has 0 aliphatic heterocycles. The van der Waals surface area contributed by atoms with Crippen LogP contribution in [-0.2, 0) is 0 Å². The average Bonchev–Trinajstić information content (AvgIpc) is 2.36. The Kier molecular flexibility index (Phi) is 4.53. The van der Waals surface area contributed by atoms with Gasteiger partial charge in [0.05, 0.1) is 6.04 Å². The molecule has 100 valence electrons. The van der Waals surface area contributed by atoms with Crippen LogP contribution in [0.4, 0.5) is 14.5 Å². The Morgan fingerprint density at radius 1 is 1.05 bits per heavy atom. The molecule has 0 radical (unpaired) electrons. The zero-order valence-corrected chi connectivity index (χ0v) is 12.0. The van der Waals surface area contributed by atoms with Gasteiger partial charge in [-0.25, -0.2) is 8.78 Å². The molecule has 1 unspecified atom stereocenters. The Morgan fingerprint density at radius 2 is 1.63 bits per heavy atom. The molecule has 0 spiro atoms. The zero-order chi connectivity index (χ0) is 13.8. The van der Waals surface area contributed by atoms with Gasteiger partial charge in [-0.15, -0.1) is 0 Å². The zero-order valence-electron chi connectivity index (χ0n) is 10.5. The Labute approximate surface area is 119 Å². The SMILES string of the molecule is CCC(Nc1cc(F)cc(F)c1)c1ccc(Br)cc1. The van der Waals surface area contributed by atoms with E-state index >= 15 is 0 Å². The van der Waals surface area contributed by atoms with Gasteiger partial charge in [0.15, 0.2) is 0 Å². The summed E-state index contributed by atoms with van der Waals surface area (Å²) in [5, 5.41) is 3.15. The molecule has 0 fully saturated rings. The largest absolute Gasteiger partial charge is 0.378 e. The second-order valence-electron chi connectivity index (χ2n) is 4.31. The van der Waals surface area contributed by atoms with Crippen molar-refractivity contribution in [3.05, 3.63) is 64.1 Å². The third-order valence-corrected chi connectivity index (χ3v) is 3.41. The molecule has 0 aliphatic carbocycles. The van der Waals surface area contributed by atoms with E-state index in [4.69, 9.17) is 0 Å². The number of anilines is 1. The highest BCUT2D eigenvalue weighted by Gasteiger charge is 2.10. The van der Waals surface area contributed by atoms with Crippen molar-refractivity contribution in [1.82, 2.24) is 0 Å². The number of nitrogens with one attached hydrogen (secondary N) is 1. The van der Waals surface area contributed by atoms with Gasteiger partial charge in [0.25, 0.3) is 0 Å². The highest BCUT2D eigenvalue weighted by Crippen LogP contribution is 2.25. The summed E-state index contributed by atoms with van der Waals surface area (Å²) < 4.78 is 27.3. The predicted molar refractivity (Wildman–Crippen MR) is 77.2 cm³/mol. The van der Waals surface area contributed by atoms with E-state index in [-0.39, 0.29) is 6.04 Å². The maximum atomic E-state index is 13.2. The second kappa shape index (κ2) is 6.15. The van der Waals surface area contributed by atoms with Crippen LogP contribution in [0.15, 0.2) is 46.9 Å². The van der Waals surface area contributed by atoms with Crippen molar-refractivity contribution in [1.29, 1.82) is 0 Å². The van der Waals surface area contributed by atoms with E-state index in [0.29, 0.717) is 5.69 Å². The Morgan fingerprint density at radius 3 is 2.16 bits per heavy atom. The minimum absolute atomic E-state index is 0.0225. The fourth-order valence-electron chi connectivity index (χ4n) is 1.95. The van der Waals surface area contributed by atoms with E-state index in [2.05, 4.69) is 21.2 Å². The third kappa shape index (κ3) is 3.77. The smallest absolute Gasteiger partial charge is 0.128 e. The summed E-state index contributed by atoms with van der Waals surface area (Å²) in [4.78, 5) is 0. The lowest BCUT2D eigenvalue weighted by atomic mass is 10.0. The average molecular weight is 326 g/mol. The topological polar surface area (TPSA) is 12.0 Å². The number of halogens is 3. The molecule has 1 N–H and O–H groups in total. The van der Waals surface area contributed by atoms with Crippen molar-refractivity contribution >= 4 is 21.6 Å². The van der Waals surface area contributed by atoms with Crippen LogP contribution in [0.2, 0.25) is 0 Å². The van der Waals surface area contributed by atoms with Gasteiger partial charge < -0.3 is 5.32 Å². The molecule has 1 atom stereocenters. The first-order chi connectivity index (χ1) is 9.08. The van der Waals surface area contributed by atoms with E-state index in [1.165, 1.54) is 12.1 Å². The molecule has 19 heavy (non-hydrogen) atoms. The molecule has 0 heterocycles. The highest BCUT2D eigenvalue weighted by molar-refractivity contribution is 9.10. The van der Waals surface area contributed by atoms with Gasteiger partial charge >= 0.3 is 0 Å². The predicted octanol–water partition coefficient (Wildman–Crippen LogP) is 5.29. The van der Waals surface area contributed by atoms with Crippen LogP contribution in [0, 0.1) is 11.6 Å². The normalized spacial score (nSPS) is 12.2. The maximum absolute atomic E-state index is 13.2. The molecule has 0 saturated carbocycles. The summed E-state index contributed by atoms with van der Waals surface area (Å²) in [6, 6.07) is 11.4. The number of rotatable bonds is 4. The molecule has 2 rings (SSSR count). The summed E-state index contributed by atoms with van der Waals surface area (Å²) in [7, 11) is 0. The second-order valence-corrected chi connectivity index (χ2v) is 5.23. The molecule has 2 aromatic rings. The molecule has 1 nitrogen and oxygen atoms in total. The summed E-state index contributed by atoms with van der Waals surface area (Å²) in [5.74, 6) is -1.15. The van der Waals surface area contributed by atoms with Gasteiger partial charge in [-0.3, -0.25) is 0 Å². The van der Waals surface area contributed by atoms with Crippen molar-refractivity contribution in [2.24, 2.45) is 0 Å². The molecular formula is C15H14BrF2N. The van der Waals surface area contributed by atoms with Crippen LogP contribution in [0.5, 0.6) is 0 Å². The van der Waals surface area contributed by atoms with Crippen molar-refractivity contribution in [3.63, 3.8) is 0 Å². The first-order valence-corrected chi connectivity index (χ1v) is 6.86. The van der Waals surface area contributed by atoms with Gasteiger partial charge in [-0.1, -0.05) is 35.0 Å². The van der Waals surface area contributed by atoms with Crippen LogP contribution in [0.25, 0.3) is 0 Å². The summed E-state index contributed by atoms with van der Waals surface area (Å²) in [6.45, 7) is 2.02. The van der Waals surface area contributed by atoms with Crippen molar-refractivity contribution < 1.29 is 8.78 Å². The molecule has 0 aromatic heterocycles. The van der Waals surface area contributed by atoms with Crippen LogP contribution in [0.1, 0.15) is 24.9 Å². The monoisotopic (exact) mass is 325 g/mol. The molecule has 2 aromatic carbocycles. The minimum Gasteiger partial charge on any atom is -0.378 e. The molecule has 0 saturated heterocycles. The fraction of sp³-hybridized carbons (Fsp3) is 0.200. The summed E-state index contributed by atoms with van der Waals surface area (Å²) >= 11 is 3.38. The first-order valence-electron chi connectivity index (χ1n) is 6.06. The van der Waals surface area contributed by atoms with Gasteiger partial charge in [-0.2, -0.15) is 0 Å². The molecule has 0 aliphatic rings. The first kappa shape index (κ1) is 14.0. The quantitative estimate of drug-likeness (QED) is 0.805. The lowest BCUT2D eigenvalue weighted by molar-refractivity contribution is 0.583. The van der Waals surface area contributed by atoms with Crippen LogP contribution in [0.3, 0.4) is 0 Å². The Balaban J connectivity index is 2.21. The van der Waals surface area contributed by atoms with Gasteiger partial charge in [0, 0.05) is 16.2 Å². The van der Waals surface area contributed by atoms with Crippen molar-refractivity contribution in [3.8, 4) is 0 Å². The van der Waals surface area contributed by atoms with Crippen molar-refractivity contribution in [2.75, 3.05) is 5.32 Å². The van der Waals surface area contributed by atoms with Crippen LogP contribution >= 0.6 is 15.9 Å². The lowest BCUT2D eigenvalue weighted by Gasteiger charge is -2.19. The number of hydrogen-bond acceptors (Lipinski definition) is 1. The fourth-order valence-corrected chi connectivity index (χ4v) is 2.22. The summed E-state index contributed by atoms with van der Waals surface area (Å²) in [6.07, 6.45) is 0.819. The molecular weight excluding hydrogens is 312 g/mol. The highest BCUT2D eigenvalue weighted by atomic mass is 79.9. The minimum atomic E-state index is -0.576. The summed E-state index contributed by atoms with van der Waals surface area (Å²) in [5.41, 5.74) is 1.53. The lowest BCUT2D eigenvalue weighted by Crippen LogP contribution is -2.10.